The topological polar surface area (TPSA) is 95.8 Å². The number of carbonyl (C=O) groups excluding carboxylic acids is 2. The molecule has 0 fully saturated rings. The van der Waals surface area contributed by atoms with Crippen LogP contribution in [0, 0.1) is 5.82 Å². The predicted molar refractivity (Wildman–Crippen MR) is 133 cm³/mol. The second kappa shape index (κ2) is 10.2. The molecule has 2 aromatic carbocycles. The van der Waals surface area contributed by atoms with Gasteiger partial charge < -0.3 is 19.1 Å². The summed E-state index contributed by atoms with van der Waals surface area (Å²) in [6.45, 7) is 1.45. The third kappa shape index (κ3) is 5.19. The fraction of sp³-hybridized carbons (Fsp3) is 0.185. The summed E-state index contributed by atoms with van der Waals surface area (Å²) in [6.07, 6.45) is 4.12. The van der Waals surface area contributed by atoms with Crippen LogP contribution in [-0.4, -0.2) is 58.8 Å². The number of carbonyl (C=O) groups is 2. The van der Waals surface area contributed by atoms with Gasteiger partial charge in [0.2, 0.25) is 0 Å². The minimum atomic E-state index is -0.753. The molecule has 37 heavy (non-hydrogen) atoms. The van der Waals surface area contributed by atoms with Gasteiger partial charge in [-0.1, -0.05) is 6.07 Å². The third-order valence-electron chi connectivity index (χ3n) is 5.58. The Morgan fingerprint density at radius 2 is 1.78 bits per heavy atom. The fourth-order valence-corrected chi connectivity index (χ4v) is 3.89. The number of fused-ring (bicyclic) bond motifs is 3. The standard InChI is InChI=1S/C27H23FN4O5/c1-31(2)13-4-14-35-20-6-3-5-19(15-20)32-27-24(25(30-32)17-7-9-18(28)10-8-17)26-21(16-29-27)36-22(33)11-12-23(34)37-26/h3,5-12,15-16H,4,13-14H2,1-2H3/b12-11-. The van der Waals surface area contributed by atoms with Crippen LogP contribution >= 0.6 is 0 Å². The summed E-state index contributed by atoms with van der Waals surface area (Å²) in [5.41, 5.74) is 1.91. The van der Waals surface area contributed by atoms with Gasteiger partial charge >= 0.3 is 11.9 Å². The molecule has 0 spiro atoms. The number of esters is 2. The summed E-state index contributed by atoms with van der Waals surface area (Å²) < 4.78 is 32.0. The van der Waals surface area contributed by atoms with Crippen molar-refractivity contribution in [3.8, 4) is 34.2 Å². The van der Waals surface area contributed by atoms with Crippen molar-refractivity contribution in [1.29, 1.82) is 0 Å². The fourth-order valence-electron chi connectivity index (χ4n) is 3.89. The van der Waals surface area contributed by atoms with E-state index in [2.05, 4.69) is 9.88 Å². The Bertz CT molecular complexity index is 1510. The Balaban J connectivity index is 1.64. The maximum absolute atomic E-state index is 13.7. The van der Waals surface area contributed by atoms with Crippen molar-refractivity contribution in [3.05, 3.63) is 72.7 Å². The first-order chi connectivity index (χ1) is 17.9. The van der Waals surface area contributed by atoms with Crippen LogP contribution in [0.15, 0.2) is 66.9 Å². The number of benzene rings is 2. The molecule has 0 saturated carbocycles. The number of hydrogen-bond donors (Lipinski definition) is 0. The molecule has 9 nitrogen and oxygen atoms in total. The first-order valence-corrected chi connectivity index (χ1v) is 11.6. The first-order valence-electron chi connectivity index (χ1n) is 11.6. The lowest BCUT2D eigenvalue weighted by Crippen LogP contribution is -2.15. The molecule has 5 rings (SSSR count). The van der Waals surface area contributed by atoms with E-state index in [-0.39, 0.29) is 11.5 Å². The van der Waals surface area contributed by atoms with Crippen LogP contribution in [-0.2, 0) is 9.59 Å². The van der Waals surface area contributed by atoms with Crippen molar-refractivity contribution in [2.24, 2.45) is 0 Å². The predicted octanol–water partition coefficient (Wildman–Crippen LogP) is 3.94. The van der Waals surface area contributed by atoms with Crippen LogP contribution in [0.4, 0.5) is 4.39 Å². The zero-order valence-electron chi connectivity index (χ0n) is 20.2. The summed E-state index contributed by atoms with van der Waals surface area (Å²) in [6, 6.07) is 13.1. The molecule has 1 aliphatic rings. The molecule has 0 N–H and O–H groups in total. The number of ether oxygens (including phenoxy) is 3. The zero-order chi connectivity index (χ0) is 25.9. The Morgan fingerprint density at radius 3 is 2.54 bits per heavy atom. The zero-order valence-corrected chi connectivity index (χ0v) is 20.2. The van der Waals surface area contributed by atoms with Gasteiger partial charge in [0.1, 0.15) is 17.3 Å². The molecule has 10 heteroatoms. The van der Waals surface area contributed by atoms with E-state index in [0.717, 1.165) is 25.1 Å². The van der Waals surface area contributed by atoms with Gasteiger partial charge in [-0.2, -0.15) is 5.10 Å². The van der Waals surface area contributed by atoms with Gasteiger partial charge in [-0.3, -0.25) is 0 Å². The van der Waals surface area contributed by atoms with E-state index < -0.39 is 17.8 Å². The highest BCUT2D eigenvalue weighted by Crippen LogP contribution is 2.41. The molecule has 3 heterocycles. The summed E-state index contributed by atoms with van der Waals surface area (Å²) in [5.74, 6) is -1.29. The second-order valence-corrected chi connectivity index (χ2v) is 8.60. The van der Waals surface area contributed by atoms with E-state index in [1.165, 1.54) is 18.3 Å². The highest BCUT2D eigenvalue weighted by Gasteiger charge is 2.26. The largest absolute Gasteiger partial charge is 0.493 e. The number of nitrogens with zero attached hydrogens (tertiary/aromatic N) is 4. The Labute approximate surface area is 211 Å². The van der Waals surface area contributed by atoms with E-state index in [1.807, 2.05) is 38.4 Å². The summed E-state index contributed by atoms with van der Waals surface area (Å²) in [4.78, 5) is 31.0. The van der Waals surface area contributed by atoms with Crippen LogP contribution in [0.1, 0.15) is 6.42 Å². The molecule has 0 radical (unpaired) electrons. The molecule has 1 aliphatic heterocycles. The Hall–Kier alpha value is -4.57. The van der Waals surface area contributed by atoms with Crippen LogP contribution in [0.3, 0.4) is 0 Å². The molecule has 0 atom stereocenters. The molecule has 0 bridgehead atoms. The quantitative estimate of drug-likeness (QED) is 0.277. The number of halogens is 1. The monoisotopic (exact) mass is 502 g/mol. The van der Waals surface area contributed by atoms with Gasteiger partial charge in [0.15, 0.2) is 17.1 Å². The minimum absolute atomic E-state index is 0.00522. The summed E-state index contributed by atoms with van der Waals surface area (Å²) in [5, 5.41) is 5.08. The lowest BCUT2D eigenvalue weighted by molar-refractivity contribution is -0.133. The van der Waals surface area contributed by atoms with E-state index >= 15 is 0 Å². The van der Waals surface area contributed by atoms with Gasteiger partial charge in [0, 0.05) is 30.3 Å². The van der Waals surface area contributed by atoms with Gasteiger partial charge in [-0.05, 0) is 56.9 Å². The van der Waals surface area contributed by atoms with Crippen molar-refractivity contribution in [3.63, 3.8) is 0 Å². The normalized spacial score (nSPS) is 14.1. The van der Waals surface area contributed by atoms with Crippen molar-refractivity contribution in [2.45, 2.75) is 6.42 Å². The molecule has 188 valence electrons. The average Bonchev–Trinajstić information content (AvgIpc) is 3.26. The number of hydrogen-bond acceptors (Lipinski definition) is 8. The van der Waals surface area contributed by atoms with Gasteiger partial charge in [0.05, 0.1) is 23.9 Å². The highest BCUT2D eigenvalue weighted by molar-refractivity contribution is 6.03. The molecule has 0 aliphatic carbocycles. The van der Waals surface area contributed by atoms with E-state index in [9.17, 15) is 14.0 Å². The molecular weight excluding hydrogens is 479 g/mol. The van der Waals surface area contributed by atoms with Crippen molar-refractivity contribution in [2.75, 3.05) is 27.2 Å². The molecule has 0 saturated heterocycles. The van der Waals surface area contributed by atoms with Crippen LogP contribution < -0.4 is 14.2 Å². The van der Waals surface area contributed by atoms with Gasteiger partial charge in [-0.25, -0.2) is 23.6 Å². The highest BCUT2D eigenvalue weighted by atomic mass is 19.1. The van der Waals surface area contributed by atoms with Crippen LogP contribution in [0.5, 0.6) is 17.2 Å². The van der Waals surface area contributed by atoms with Gasteiger partial charge in [0.25, 0.3) is 0 Å². The molecular formula is C27H23FN4O5. The molecule has 2 aromatic heterocycles. The van der Waals surface area contributed by atoms with Gasteiger partial charge in [-0.15, -0.1) is 0 Å². The smallest absolute Gasteiger partial charge is 0.336 e. The molecule has 0 unspecified atom stereocenters. The summed E-state index contributed by atoms with van der Waals surface area (Å²) in [7, 11) is 4.01. The van der Waals surface area contributed by atoms with E-state index in [0.29, 0.717) is 40.3 Å². The minimum Gasteiger partial charge on any atom is -0.493 e. The van der Waals surface area contributed by atoms with Crippen molar-refractivity contribution < 1.29 is 28.2 Å². The number of aromatic nitrogens is 3. The first kappa shape index (κ1) is 24.1. The second-order valence-electron chi connectivity index (χ2n) is 8.60. The van der Waals surface area contributed by atoms with Crippen molar-refractivity contribution in [1.82, 2.24) is 19.7 Å². The summed E-state index contributed by atoms with van der Waals surface area (Å²) >= 11 is 0. The molecule has 0 amide bonds. The lowest BCUT2D eigenvalue weighted by Gasteiger charge is -2.13. The maximum Gasteiger partial charge on any atom is 0.336 e. The van der Waals surface area contributed by atoms with E-state index in [4.69, 9.17) is 19.3 Å². The Kier molecular flexibility index (Phi) is 6.65. The van der Waals surface area contributed by atoms with E-state index in [1.54, 1.807) is 16.8 Å². The van der Waals surface area contributed by atoms with Crippen molar-refractivity contribution >= 4 is 23.0 Å². The third-order valence-corrected chi connectivity index (χ3v) is 5.58. The molecule has 4 aromatic rings. The Morgan fingerprint density at radius 1 is 1.03 bits per heavy atom. The van der Waals surface area contributed by atoms with Crippen LogP contribution in [0.2, 0.25) is 0 Å². The lowest BCUT2D eigenvalue weighted by atomic mass is 10.1. The number of rotatable bonds is 7. The SMILES string of the molecule is CN(C)CCCOc1cccc(-n2nc(-c3ccc(F)cc3)c3c4c(cnc32)OC(=O)/C=C\C(=O)O4)c1. The number of pyridine rings is 1. The van der Waals surface area contributed by atoms with Crippen LogP contribution in [0.25, 0.3) is 28.0 Å². The maximum atomic E-state index is 13.7. The average molecular weight is 503 g/mol.